The van der Waals surface area contributed by atoms with E-state index < -0.39 is 5.91 Å². The highest BCUT2D eigenvalue weighted by Gasteiger charge is 2.11. The first-order chi connectivity index (χ1) is 14.6. The largest absolute Gasteiger partial charge is 0.493 e. The van der Waals surface area contributed by atoms with Crippen LogP contribution < -0.4 is 14.8 Å². The molecule has 3 aromatic rings. The third kappa shape index (κ3) is 5.49. The van der Waals surface area contributed by atoms with Crippen molar-refractivity contribution < 1.29 is 14.3 Å². The van der Waals surface area contributed by atoms with Gasteiger partial charge in [-0.05, 0) is 48.4 Å². The minimum absolute atomic E-state index is 0.00525. The number of hydrogen-bond acceptors (Lipinski definition) is 4. The molecular formula is C25H22N2O3. The zero-order valence-corrected chi connectivity index (χ0v) is 16.9. The summed E-state index contributed by atoms with van der Waals surface area (Å²) in [6.07, 6.45) is 1.52. The van der Waals surface area contributed by atoms with E-state index in [-0.39, 0.29) is 5.57 Å². The molecule has 0 radical (unpaired) electrons. The lowest BCUT2D eigenvalue weighted by Crippen LogP contribution is -2.13. The fourth-order valence-electron chi connectivity index (χ4n) is 2.89. The lowest BCUT2D eigenvalue weighted by Gasteiger charge is -2.12. The average molecular weight is 398 g/mol. The van der Waals surface area contributed by atoms with Crippen LogP contribution in [-0.2, 0) is 11.4 Å². The predicted molar refractivity (Wildman–Crippen MR) is 117 cm³/mol. The fraction of sp³-hybridized carbons (Fsp3) is 0.120. The van der Waals surface area contributed by atoms with Crippen molar-refractivity contribution >= 4 is 17.7 Å². The van der Waals surface area contributed by atoms with Crippen LogP contribution in [0.3, 0.4) is 0 Å². The molecule has 3 rings (SSSR count). The van der Waals surface area contributed by atoms with Crippen molar-refractivity contribution in [3.8, 4) is 17.6 Å². The SMILES string of the molecule is COc1cc(C=C(C#N)C(=O)Nc2ccccc2)ccc1OCc1cccc(C)c1. The quantitative estimate of drug-likeness (QED) is 0.442. The second kappa shape index (κ2) is 9.94. The first-order valence-corrected chi connectivity index (χ1v) is 9.43. The molecule has 0 fully saturated rings. The number of aryl methyl sites for hydroxylation is 1. The lowest BCUT2D eigenvalue weighted by atomic mass is 10.1. The molecule has 0 unspecified atom stereocenters. The summed E-state index contributed by atoms with van der Waals surface area (Å²) in [5, 5.41) is 12.1. The summed E-state index contributed by atoms with van der Waals surface area (Å²) in [4.78, 5) is 12.4. The van der Waals surface area contributed by atoms with Crippen molar-refractivity contribution in [3.05, 3.63) is 95.1 Å². The molecule has 0 bridgehead atoms. The molecule has 0 aliphatic carbocycles. The van der Waals surface area contributed by atoms with Crippen molar-refractivity contribution in [2.75, 3.05) is 12.4 Å². The van der Waals surface area contributed by atoms with Crippen LogP contribution in [0.4, 0.5) is 5.69 Å². The minimum atomic E-state index is -0.470. The Balaban J connectivity index is 1.75. The molecule has 1 amide bonds. The van der Waals surface area contributed by atoms with E-state index in [2.05, 4.69) is 11.4 Å². The Morgan fingerprint density at radius 3 is 2.53 bits per heavy atom. The van der Waals surface area contributed by atoms with Crippen LogP contribution in [0.25, 0.3) is 6.08 Å². The van der Waals surface area contributed by atoms with E-state index in [1.165, 1.54) is 11.6 Å². The Kier molecular flexibility index (Phi) is 6.86. The van der Waals surface area contributed by atoms with E-state index in [4.69, 9.17) is 9.47 Å². The molecular weight excluding hydrogens is 376 g/mol. The third-order valence-electron chi connectivity index (χ3n) is 4.37. The van der Waals surface area contributed by atoms with Crippen molar-refractivity contribution in [2.45, 2.75) is 13.5 Å². The van der Waals surface area contributed by atoms with E-state index in [0.717, 1.165) is 5.56 Å². The van der Waals surface area contributed by atoms with Crippen LogP contribution in [-0.4, -0.2) is 13.0 Å². The van der Waals surface area contributed by atoms with Crippen LogP contribution in [0.15, 0.2) is 78.4 Å². The van der Waals surface area contributed by atoms with Gasteiger partial charge in [-0.2, -0.15) is 5.26 Å². The number of nitrogens with one attached hydrogen (secondary N) is 1. The Bertz CT molecular complexity index is 1100. The highest BCUT2D eigenvalue weighted by atomic mass is 16.5. The minimum Gasteiger partial charge on any atom is -0.493 e. The number of nitrogens with zero attached hydrogens (tertiary/aromatic N) is 1. The molecule has 150 valence electrons. The number of nitriles is 1. The van der Waals surface area contributed by atoms with Gasteiger partial charge in [0.2, 0.25) is 0 Å². The van der Waals surface area contributed by atoms with E-state index in [0.29, 0.717) is 29.4 Å². The number of methoxy groups -OCH3 is 1. The number of rotatable bonds is 7. The van der Waals surface area contributed by atoms with Gasteiger partial charge < -0.3 is 14.8 Å². The monoisotopic (exact) mass is 398 g/mol. The van der Waals surface area contributed by atoms with Crippen LogP contribution in [0.5, 0.6) is 11.5 Å². The molecule has 0 spiro atoms. The van der Waals surface area contributed by atoms with Crippen molar-refractivity contribution in [1.29, 1.82) is 5.26 Å². The molecule has 3 aromatic carbocycles. The fourth-order valence-corrected chi connectivity index (χ4v) is 2.89. The summed E-state index contributed by atoms with van der Waals surface area (Å²) < 4.78 is 11.3. The van der Waals surface area contributed by atoms with E-state index in [9.17, 15) is 10.1 Å². The summed E-state index contributed by atoms with van der Waals surface area (Å²) in [6, 6.07) is 24.3. The number of benzene rings is 3. The van der Waals surface area contributed by atoms with E-state index in [1.807, 2.05) is 49.4 Å². The maximum atomic E-state index is 12.4. The molecule has 0 heterocycles. The number of carbonyl (C=O) groups excluding carboxylic acids is 1. The standard InChI is InChI=1S/C25H22N2O3/c1-18-7-6-8-20(13-18)17-30-23-12-11-19(15-24(23)29-2)14-21(16-26)25(28)27-22-9-4-3-5-10-22/h3-15H,17H2,1-2H3,(H,27,28). The number of amides is 1. The van der Waals surface area contributed by atoms with Gasteiger partial charge in [0.25, 0.3) is 5.91 Å². The van der Waals surface area contributed by atoms with Gasteiger partial charge in [-0.1, -0.05) is 54.1 Å². The molecule has 0 saturated heterocycles. The Morgan fingerprint density at radius 1 is 1.03 bits per heavy atom. The van der Waals surface area contributed by atoms with Gasteiger partial charge in [-0.25, -0.2) is 0 Å². The van der Waals surface area contributed by atoms with E-state index in [1.54, 1.807) is 37.4 Å². The molecule has 0 aliphatic heterocycles. The molecule has 0 saturated carbocycles. The van der Waals surface area contributed by atoms with Gasteiger partial charge in [0, 0.05) is 5.69 Å². The molecule has 5 nitrogen and oxygen atoms in total. The smallest absolute Gasteiger partial charge is 0.266 e. The Hall–Kier alpha value is -4.04. The van der Waals surface area contributed by atoms with Gasteiger partial charge in [-0.3, -0.25) is 4.79 Å². The number of hydrogen-bond donors (Lipinski definition) is 1. The van der Waals surface area contributed by atoms with Gasteiger partial charge in [0.1, 0.15) is 18.2 Å². The van der Waals surface area contributed by atoms with Crippen LogP contribution in [0, 0.1) is 18.3 Å². The number of carbonyl (C=O) groups is 1. The second-order valence-corrected chi connectivity index (χ2v) is 6.68. The number of ether oxygens (including phenoxy) is 2. The molecule has 0 aliphatic rings. The zero-order valence-electron chi connectivity index (χ0n) is 16.9. The predicted octanol–water partition coefficient (Wildman–Crippen LogP) is 5.13. The third-order valence-corrected chi connectivity index (χ3v) is 4.37. The molecule has 5 heteroatoms. The Morgan fingerprint density at radius 2 is 1.83 bits per heavy atom. The summed E-state index contributed by atoms with van der Waals surface area (Å²) in [7, 11) is 1.55. The average Bonchev–Trinajstić information content (AvgIpc) is 2.77. The van der Waals surface area contributed by atoms with Crippen LogP contribution in [0.2, 0.25) is 0 Å². The number of anilines is 1. The summed E-state index contributed by atoms with van der Waals surface area (Å²) in [5.41, 5.74) is 3.51. The second-order valence-electron chi connectivity index (χ2n) is 6.68. The van der Waals surface area contributed by atoms with Crippen molar-refractivity contribution in [3.63, 3.8) is 0 Å². The highest BCUT2D eigenvalue weighted by molar-refractivity contribution is 6.09. The maximum absolute atomic E-state index is 12.4. The highest BCUT2D eigenvalue weighted by Crippen LogP contribution is 2.30. The first kappa shape index (κ1) is 20.7. The molecule has 30 heavy (non-hydrogen) atoms. The summed E-state index contributed by atoms with van der Waals surface area (Å²) in [5.74, 6) is 0.642. The van der Waals surface area contributed by atoms with E-state index >= 15 is 0 Å². The lowest BCUT2D eigenvalue weighted by molar-refractivity contribution is -0.112. The maximum Gasteiger partial charge on any atom is 0.266 e. The normalized spacial score (nSPS) is 10.8. The summed E-state index contributed by atoms with van der Waals surface area (Å²) in [6.45, 7) is 2.45. The first-order valence-electron chi connectivity index (χ1n) is 9.43. The summed E-state index contributed by atoms with van der Waals surface area (Å²) >= 11 is 0. The van der Waals surface area contributed by atoms with Crippen LogP contribution in [0.1, 0.15) is 16.7 Å². The molecule has 1 N–H and O–H groups in total. The van der Waals surface area contributed by atoms with Crippen LogP contribution >= 0.6 is 0 Å². The molecule has 0 atom stereocenters. The van der Waals surface area contributed by atoms with Crippen molar-refractivity contribution in [2.24, 2.45) is 0 Å². The van der Waals surface area contributed by atoms with Gasteiger partial charge in [0.05, 0.1) is 7.11 Å². The molecule has 0 aromatic heterocycles. The van der Waals surface area contributed by atoms with Gasteiger partial charge >= 0.3 is 0 Å². The van der Waals surface area contributed by atoms with Gasteiger partial charge in [0.15, 0.2) is 11.5 Å². The van der Waals surface area contributed by atoms with Crippen molar-refractivity contribution in [1.82, 2.24) is 0 Å². The zero-order chi connectivity index (χ0) is 21.3. The number of para-hydroxylation sites is 1. The topological polar surface area (TPSA) is 71.3 Å². The van der Waals surface area contributed by atoms with Gasteiger partial charge in [-0.15, -0.1) is 0 Å². The Labute approximate surface area is 176 Å².